The molecule has 1 aromatic carbocycles. The van der Waals surface area contributed by atoms with E-state index in [0.29, 0.717) is 13.2 Å². The third-order valence-corrected chi connectivity index (χ3v) is 2.68. The molecule has 0 radical (unpaired) electrons. The molecule has 0 amide bonds. The molecule has 1 aromatic rings. The van der Waals surface area contributed by atoms with E-state index < -0.39 is 0 Å². The Balaban J connectivity index is 2.01. The summed E-state index contributed by atoms with van der Waals surface area (Å²) in [7, 11) is 0. The van der Waals surface area contributed by atoms with Crippen LogP contribution in [0.5, 0.6) is 5.75 Å². The third-order valence-electron chi connectivity index (χ3n) is 2.06. The molecule has 1 aliphatic rings. The van der Waals surface area contributed by atoms with E-state index in [1.54, 1.807) is 0 Å². The van der Waals surface area contributed by atoms with E-state index in [1.165, 1.54) is 0 Å². The van der Waals surface area contributed by atoms with Gasteiger partial charge in [-0.3, -0.25) is 0 Å². The van der Waals surface area contributed by atoms with Gasteiger partial charge in [0.05, 0.1) is 11.1 Å². The minimum absolute atomic E-state index is 0.288. The maximum Gasteiger partial charge on any atom is 0.133 e. The lowest BCUT2D eigenvalue weighted by Crippen LogP contribution is -2.05. The molecule has 0 spiro atoms. The van der Waals surface area contributed by atoms with Gasteiger partial charge in [-0.2, -0.15) is 0 Å². The fraction of sp³-hybridized carbons (Fsp3) is 0.400. The van der Waals surface area contributed by atoms with E-state index in [1.807, 2.05) is 18.2 Å². The number of rotatable bonds is 4. The summed E-state index contributed by atoms with van der Waals surface area (Å²) in [5.41, 5.74) is 6.61. The Morgan fingerprint density at radius 3 is 2.93 bits per heavy atom. The fourth-order valence-electron chi connectivity index (χ4n) is 1.14. The van der Waals surface area contributed by atoms with Crippen LogP contribution in [0.15, 0.2) is 22.7 Å². The topological polar surface area (TPSA) is 47.8 Å². The van der Waals surface area contributed by atoms with E-state index in [-0.39, 0.29) is 6.10 Å². The van der Waals surface area contributed by atoms with Crippen LogP contribution in [-0.4, -0.2) is 19.3 Å². The molecule has 0 bridgehead atoms. The van der Waals surface area contributed by atoms with Gasteiger partial charge in [-0.05, 0) is 33.6 Å². The van der Waals surface area contributed by atoms with Crippen LogP contribution < -0.4 is 10.5 Å². The Labute approximate surface area is 91.3 Å². The van der Waals surface area contributed by atoms with Gasteiger partial charge in [0.15, 0.2) is 0 Å². The Hall–Kier alpha value is -0.580. The van der Waals surface area contributed by atoms with Crippen LogP contribution in [0.1, 0.15) is 5.56 Å². The van der Waals surface area contributed by atoms with Crippen LogP contribution in [-0.2, 0) is 11.3 Å². The van der Waals surface area contributed by atoms with E-state index in [9.17, 15) is 0 Å². The highest BCUT2D eigenvalue weighted by Crippen LogP contribution is 2.26. The Morgan fingerprint density at radius 1 is 1.57 bits per heavy atom. The molecule has 1 aliphatic heterocycles. The van der Waals surface area contributed by atoms with Gasteiger partial charge in [-0.25, -0.2) is 0 Å². The van der Waals surface area contributed by atoms with E-state index in [0.717, 1.165) is 22.4 Å². The van der Waals surface area contributed by atoms with Gasteiger partial charge < -0.3 is 15.2 Å². The molecule has 3 nitrogen and oxygen atoms in total. The highest BCUT2D eigenvalue weighted by atomic mass is 79.9. The number of ether oxygens (including phenoxy) is 2. The predicted octanol–water partition coefficient (Wildman–Crippen LogP) is 1.69. The summed E-state index contributed by atoms with van der Waals surface area (Å²) in [6.07, 6.45) is 0.288. The number of hydrogen-bond donors (Lipinski definition) is 1. The Morgan fingerprint density at radius 2 is 2.36 bits per heavy atom. The van der Waals surface area contributed by atoms with Crippen LogP contribution in [0.4, 0.5) is 0 Å². The maximum absolute atomic E-state index is 5.55. The van der Waals surface area contributed by atoms with Gasteiger partial charge in [0, 0.05) is 6.54 Å². The number of epoxide rings is 1. The van der Waals surface area contributed by atoms with Gasteiger partial charge in [0.25, 0.3) is 0 Å². The maximum atomic E-state index is 5.55. The molecular weight excluding hydrogens is 246 g/mol. The zero-order valence-corrected chi connectivity index (χ0v) is 9.29. The van der Waals surface area contributed by atoms with Crippen LogP contribution in [0, 0.1) is 0 Å². The number of benzene rings is 1. The quantitative estimate of drug-likeness (QED) is 0.836. The predicted molar refractivity (Wildman–Crippen MR) is 57.3 cm³/mol. The molecule has 2 rings (SSSR count). The van der Waals surface area contributed by atoms with Crippen molar-refractivity contribution in [2.24, 2.45) is 5.73 Å². The summed E-state index contributed by atoms with van der Waals surface area (Å²) < 4.78 is 11.5. The minimum atomic E-state index is 0.288. The van der Waals surface area contributed by atoms with E-state index >= 15 is 0 Å². The van der Waals surface area contributed by atoms with Crippen molar-refractivity contribution in [2.75, 3.05) is 13.2 Å². The Kier molecular flexibility index (Phi) is 3.05. The SMILES string of the molecule is NCc1ccc(OCC2CO2)c(Br)c1. The van der Waals surface area contributed by atoms with Crippen molar-refractivity contribution in [2.45, 2.75) is 12.6 Å². The number of hydrogen-bond acceptors (Lipinski definition) is 3. The van der Waals surface area contributed by atoms with E-state index in [4.69, 9.17) is 15.2 Å². The van der Waals surface area contributed by atoms with Crippen molar-refractivity contribution in [3.63, 3.8) is 0 Å². The Bertz CT molecular complexity index is 326. The van der Waals surface area contributed by atoms with E-state index in [2.05, 4.69) is 15.9 Å². The molecule has 1 saturated heterocycles. The third kappa shape index (κ3) is 2.47. The molecule has 0 aromatic heterocycles. The first kappa shape index (κ1) is 9.96. The summed E-state index contributed by atoms with van der Waals surface area (Å²) in [4.78, 5) is 0. The van der Waals surface area contributed by atoms with Gasteiger partial charge >= 0.3 is 0 Å². The molecule has 4 heteroatoms. The average molecular weight is 258 g/mol. The number of nitrogens with two attached hydrogens (primary N) is 1. The lowest BCUT2D eigenvalue weighted by Gasteiger charge is -2.07. The minimum Gasteiger partial charge on any atom is -0.490 e. The molecule has 76 valence electrons. The highest BCUT2D eigenvalue weighted by Gasteiger charge is 2.23. The van der Waals surface area contributed by atoms with Gasteiger partial charge in [0.1, 0.15) is 18.5 Å². The lowest BCUT2D eigenvalue weighted by atomic mass is 10.2. The molecule has 1 unspecified atom stereocenters. The van der Waals surface area contributed by atoms with Crippen LogP contribution >= 0.6 is 15.9 Å². The monoisotopic (exact) mass is 257 g/mol. The molecule has 14 heavy (non-hydrogen) atoms. The second-order valence-corrected chi connectivity index (χ2v) is 4.09. The summed E-state index contributed by atoms with van der Waals surface area (Å²) >= 11 is 3.44. The first-order valence-electron chi connectivity index (χ1n) is 4.52. The van der Waals surface area contributed by atoms with Crippen molar-refractivity contribution in [3.8, 4) is 5.75 Å². The zero-order valence-electron chi connectivity index (χ0n) is 7.70. The largest absolute Gasteiger partial charge is 0.490 e. The second kappa shape index (κ2) is 4.29. The van der Waals surface area contributed by atoms with Crippen LogP contribution in [0.3, 0.4) is 0 Å². The van der Waals surface area contributed by atoms with Gasteiger partial charge in [0.2, 0.25) is 0 Å². The van der Waals surface area contributed by atoms with Gasteiger partial charge in [-0.15, -0.1) is 0 Å². The molecule has 1 atom stereocenters. The molecule has 0 aliphatic carbocycles. The normalized spacial score (nSPS) is 19.4. The van der Waals surface area contributed by atoms with Crippen molar-refractivity contribution in [1.82, 2.24) is 0 Å². The lowest BCUT2D eigenvalue weighted by molar-refractivity contribution is 0.262. The zero-order chi connectivity index (χ0) is 9.97. The summed E-state index contributed by atoms with van der Waals surface area (Å²) in [6.45, 7) is 1.99. The van der Waals surface area contributed by atoms with Crippen LogP contribution in [0.2, 0.25) is 0 Å². The standard InChI is InChI=1S/C10H12BrNO2/c11-9-3-7(4-12)1-2-10(9)14-6-8-5-13-8/h1-3,8H,4-6,12H2. The molecule has 1 heterocycles. The molecule has 0 saturated carbocycles. The fourth-order valence-corrected chi connectivity index (χ4v) is 1.68. The van der Waals surface area contributed by atoms with Crippen molar-refractivity contribution in [3.05, 3.63) is 28.2 Å². The first-order chi connectivity index (χ1) is 6.79. The second-order valence-electron chi connectivity index (χ2n) is 3.24. The number of halogens is 1. The average Bonchev–Trinajstić information content (AvgIpc) is 2.99. The molecular formula is C10H12BrNO2. The molecule has 2 N–H and O–H groups in total. The summed E-state index contributed by atoms with van der Waals surface area (Å²) in [5.74, 6) is 0.845. The smallest absolute Gasteiger partial charge is 0.133 e. The van der Waals surface area contributed by atoms with Gasteiger partial charge in [-0.1, -0.05) is 6.07 Å². The first-order valence-corrected chi connectivity index (χ1v) is 5.32. The van der Waals surface area contributed by atoms with Crippen molar-refractivity contribution < 1.29 is 9.47 Å². The summed E-state index contributed by atoms with van der Waals surface area (Å²) in [5, 5.41) is 0. The highest BCUT2D eigenvalue weighted by molar-refractivity contribution is 9.10. The summed E-state index contributed by atoms with van der Waals surface area (Å²) in [6, 6.07) is 5.87. The molecule has 1 fully saturated rings. The van der Waals surface area contributed by atoms with Crippen LogP contribution in [0.25, 0.3) is 0 Å². The van der Waals surface area contributed by atoms with Crippen molar-refractivity contribution in [1.29, 1.82) is 0 Å². The van der Waals surface area contributed by atoms with Crippen molar-refractivity contribution >= 4 is 15.9 Å².